The van der Waals surface area contributed by atoms with Crippen molar-refractivity contribution in [3.63, 3.8) is 0 Å². The molecule has 3 aromatic rings. The van der Waals surface area contributed by atoms with Crippen molar-refractivity contribution in [2.75, 3.05) is 12.4 Å². The number of hydrogen-bond donors (Lipinski definition) is 1. The Kier molecular flexibility index (Phi) is 6.65. The number of hydrogen-bond acceptors (Lipinski definition) is 5. The molecule has 8 heteroatoms. The van der Waals surface area contributed by atoms with Crippen molar-refractivity contribution in [3.8, 4) is 11.5 Å². The fraction of sp³-hybridized carbons (Fsp3) is 0.0952. The van der Waals surface area contributed by atoms with E-state index in [0.717, 1.165) is 5.56 Å². The highest BCUT2D eigenvalue weighted by molar-refractivity contribution is 14.1. The zero-order chi connectivity index (χ0) is 20.8. The second kappa shape index (κ2) is 9.37. The number of amides is 1. The van der Waals surface area contributed by atoms with E-state index in [1.54, 1.807) is 18.2 Å². The van der Waals surface area contributed by atoms with Crippen LogP contribution in [0.3, 0.4) is 0 Å². The average molecular weight is 504 g/mol. The lowest BCUT2D eigenvalue weighted by Crippen LogP contribution is -2.13. The van der Waals surface area contributed by atoms with Crippen molar-refractivity contribution in [2.24, 2.45) is 0 Å². The molecule has 0 spiro atoms. The highest BCUT2D eigenvalue weighted by atomic mass is 127. The Hall–Kier alpha value is -3.14. The molecule has 0 aliphatic carbocycles. The number of carbonyl (C=O) groups is 1. The average Bonchev–Trinajstić information content (AvgIpc) is 2.72. The lowest BCUT2D eigenvalue weighted by molar-refractivity contribution is -0.384. The summed E-state index contributed by atoms with van der Waals surface area (Å²) in [5, 5.41) is 13.6. The number of non-ortho nitro benzene ring substituents is 1. The van der Waals surface area contributed by atoms with E-state index in [0.29, 0.717) is 32.9 Å². The first-order valence-corrected chi connectivity index (χ1v) is 9.66. The van der Waals surface area contributed by atoms with Crippen LogP contribution in [0.2, 0.25) is 0 Å². The van der Waals surface area contributed by atoms with Gasteiger partial charge in [0.25, 0.3) is 11.6 Å². The third kappa shape index (κ3) is 5.23. The summed E-state index contributed by atoms with van der Waals surface area (Å²) in [6.07, 6.45) is 0. The Labute approximate surface area is 180 Å². The summed E-state index contributed by atoms with van der Waals surface area (Å²) in [5.41, 5.74) is 1.57. The molecule has 0 aliphatic heterocycles. The van der Waals surface area contributed by atoms with Crippen LogP contribution in [-0.2, 0) is 6.61 Å². The van der Waals surface area contributed by atoms with Crippen molar-refractivity contribution >= 4 is 39.9 Å². The molecule has 0 bridgehead atoms. The Bertz CT molecular complexity index is 1040. The van der Waals surface area contributed by atoms with Crippen molar-refractivity contribution in [1.29, 1.82) is 0 Å². The van der Waals surface area contributed by atoms with Crippen LogP contribution in [0, 0.1) is 13.7 Å². The van der Waals surface area contributed by atoms with Gasteiger partial charge < -0.3 is 14.8 Å². The Morgan fingerprint density at radius 3 is 2.55 bits per heavy atom. The Morgan fingerprint density at radius 1 is 1.10 bits per heavy atom. The minimum absolute atomic E-state index is 0.0982. The van der Waals surface area contributed by atoms with Gasteiger partial charge in [0.1, 0.15) is 6.61 Å². The number of nitro benzene ring substituents is 1. The van der Waals surface area contributed by atoms with Gasteiger partial charge in [-0.3, -0.25) is 14.9 Å². The fourth-order valence-corrected chi connectivity index (χ4v) is 3.46. The largest absolute Gasteiger partial charge is 0.492 e. The fourth-order valence-electron chi connectivity index (χ4n) is 2.64. The molecule has 0 aliphatic rings. The first-order chi connectivity index (χ1) is 14.0. The van der Waals surface area contributed by atoms with Gasteiger partial charge in [-0.25, -0.2) is 0 Å². The molecule has 7 nitrogen and oxygen atoms in total. The van der Waals surface area contributed by atoms with Gasteiger partial charge in [-0.2, -0.15) is 0 Å². The molecular formula is C21H17IN2O5. The number of nitrogens with one attached hydrogen (secondary N) is 1. The van der Waals surface area contributed by atoms with E-state index in [-0.39, 0.29) is 5.69 Å². The molecule has 29 heavy (non-hydrogen) atoms. The number of ether oxygens (including phenoxy) is 2. The summed E-state index contributed by atoms with van der Waals surface area (Å²) in [7, 11) is 1.54. The predicted molar refractivity (Wildman–Crippen MR) is 118 cm³/mol. The van der Waals surface area contributed by atoms with Crippen LogP contribution in [-0.4, -0.2) is 17.9 Å². The van der Waals surface area contributed by atoms with Crippen LogP contribution in [0.4, 0.5) is 11.4 Å². The van der Waals surface area contributed by atoms with Gasteiger partial charge in [0.15, 0.2) is 11.5 Å². The number of anilines is 1. The summed E-state index contributed by atoms with van der Waals surface area (Å²) >= 11 is 2.07. The van der Waals surface area contributed by atoms with Crippen molar-refractivity contribution in [3.05, 3.63) is 91.5 Å². The molecule has 0 aromatic heterocycles. The van der Waals surface area contributed by atoms with Gasteiger partial charge in [-0.15, -0.1) is 0 Å². The molecule has 3 rings (SSSR count). The van der Waals surface area contributed by atoms with E-state index in [9.17, 15) is 14.9 Å². The van der Waals surface area contributed by atoms with Gasteiger partial charge in [0.05, 0.1) is 15.6 Å². The van der Waals surface area contributed by atoms with E-state index in [2.05, 4.69) is 27.9 Å². The minimum atomic E-state index is -0.512. The van der Waals surface area contributed by atoms with Gasteiger partial charge in [-0.05, 0) is 46.4 Å². The third-order valence-corrected chi connectivity index (χ3v) is 4.83. The monoisotopic (exact) mass is 504 g/mol. The number of nitrogens with zero attached hydrogens (tertiary/aromatic N) is 1. The van der Waals surface area contributed by atoms with E-state index >= 15 is 0 Å². The summed E-state index contributed by atoms with van der Waals surface area (Å²) in [5.74, 6) is 0.566. The van der Waals surface area contributed by atoms with Crippen molar-refractivity contribution in [2.45, 2.75) is 6.61 Å². The van der Waals surface area contributed by atoms with Crippen LogP contribution < -0.4 is 14.8 Å². The second-order valence-electron chi connectivity index (χ2n) is 6.03. The quantitative estimate of drug-likeness (QED) is 0.277. The normalized spacial score (nSPS) is 10.3. The third-order valence-electron chi connectivity index (χ3n) is 4.03. The van der Waals surface area contributed by atoms with Crippen LogP contribution in [0.5, 0.6) is 11.5 Å². The van der Waals surface area contributed by atoms with Gasteiger partial charge >= 0.3 is 0 Å². The molecule has 0 saturated carbocycles. The molecule has 0 saturated heterocycles. The molecule has 0 atom stereocenters. The summed E-state index contributed by atoms with van der Waals surface area (Å²) in [6, 6.07) is 18.7. The van der Waals surface area contributed by atoms with E-state index in [4.69, 9.17) is 9.47 Å². The Morgan fingerprint density at radius 2 is 1.86 bits per heavy atom. The first kappa shape index (κ1) is 20.6. The summed E-state index contributed by atoms with van der Waals surface area (Å²) < 4.78 is 12.0. The molecule has 0 unspecified atom stereocenters. The molecule has 1 N–H and O–H groups in total. The molecule has 0 fully saturated rings. The molecule has 3 aromatic carbocycles. The highest BCUT2D eigenvalue weighted by Gasteiger charge is 2.17. The SMILES string of the molecule is COc1c(I)cc(C(=O)Nc2cccc([N+](=O)[O-])c2)cc1OCc1ccccc1. The van der Waals surface area contributed by atoms with Crippen LogP contribution in [0.1, 0.15) is 15.9 Å². The molecular weight excluding hydrogens is 487 g/mol. The number of rotatable bonds is 7. The van der Waals surface area contributed by atoms with Crippen molar-refractivity contribution in [1.82, 2.24) is 0 Å². The number of nitro groups is 1. The van der Waals surface area contributed by atoms with E-state index in [1.165, 1.54) is 25.3 Å². The molecule has 1 amide bonds. The van der Waals surface area contributed by atoms with Crippen molar-refractivity contribution < 1.29 is 19.2 Å². The van der Waals surface area contributed by atoms with Gasteiger partial charge in [0, 0.05) is 23.4 Å². The Balaban J connectivity index is 1.83. The summed E-state index contributed by atoms with van der Waals surface area (Å²) in [4.78, 5) is 23.1. The zero-order valence-electron chi connectivity index (χ0n) is 15.4. The maximum atomic E-state index is 12.7. The number of halogens is 1. The number of benzene rings is 3. The standard InChI is InChI=1S/C21H17IN2O5/c1-28-20-18(22)10-15(11-19(20)29-13-14-6-3-2-4-7-14)21(25)23-16-8-5-9-17(12-16)24(26)27/h2-12H,13H2,1H3,(H,23,25). The highest BCUT2D eigenvalue weighted by Crippen LogP contribution is 2.34. The minimum Gasteiger partial charge on any atom is -0.492 e. The first-order valence-electron chi connectivity index (χ1n) is 8.58. The van der Waals surface area contributed by atoms with Crippen LogP contribution >= 0.6 is 22.6 Å². The zero-order valence-corrected chi connectivity index (χ0v) is 17.6. The summed E-state index contributed by atoms with van der Waals surface area (Å²) in [6.45, 7) is 0.323. The molecule has 0 heterocycles. The molecule has 0 radical (unpaired) electrons. The van der Waals surface area contributed by atoms with Gasteiger partial charge in [-0.1, -0.05) is 36.4 Å². The predicted octanol–water partition coefficient (Wildman–Crippen LogP) is 5.04. The molecule has 148 valence electrons. The van der Waals surface area contributed by atoms with E-state index < -0.39 is 10.8 Å². The lowest BCUT2D eigenvalue weighted by Gasteiger charge is -2.14. The maximum Gasteiger partial charge on any atom is 0.271 e. The second-order valence-corrected chi connectivity index (χ2v) is 7.19. The van der Waals surface area contributed by atoms with Crippen LogP contribution in [0.15, 0.2) is 66.7 Å². The topological polar surface area (TPSA) is 90.7 Å². The smallest absolute Gasteiger partial charge is 0.271 e. The van der Waals surface area contributed by atoms with Crippen LogP contribution in [0.25, 0.3) is 0 Å². The lowest BCUT2D eigenvalue weighted by atomic mass is 10.1. The number of methoxy groups -OCH3 is 1. The van der Waals surface area contributed by atoms with Gasteiger partial charge in [0.2, 0.25) is 0 Å². The maximum absolute atomic E-state index is 12.7. The number of carbonyl (C=O) groups excluding carboxylic acids is 1. The van der Waals surface area contributed by atoms with E-state index in [1.807, 2.05) is 30.3 Å².